The molecule has 136 valence electrons. The molecular weight excluding hydrogens is 354 g/mol. The van der Waals surface area contributed by atoms with Gasteiger partial charge in [-0.25, -0.2) is 18.2 Å². The number of hydrogen-bond acceptors (Lipinski definition) is 5. The van der Waals surface area contributed by atoms with Gasteiger partial charge in [-0.15, -0.1) is 0 Å². The third-order valence-electron chi connectivity index (χ3n) is 4.17. The molecule has 1 atom stereocenters. The number of imidazole rings is 1. The molecule has 1 aliphatic heterocycles. The Kier molecular flexibility index (Phi) is 4.19. The van der Waals surface area contributed by atoms with Gasteiger partial charge in [0.05, 0.1) is 6.33 Å². The van der Waals surface area contributed by atoms with Crippen LogP contribution in [0.4, 0.5) is 23.4 Å². The number of benzene rings is 1. The minimum absolute atomic E-state index is 0.0216. The highest BCUT2D eigenvalue weighted by molar-refractivity contribution is 5.82. The fourth-order valence-electron chi connectivity index (χ4n) is 2.89. The summed E-state index contributed by atoms with van der Waals surface area (Å²) in [6, 6.07) is 1.91. The number of anilines is 1. The highest BCUT2D eigenvalue weighted by atomic mass is 19.2. The summed E-state index contributed by atoms with van der Waals surface area (Å²) in [5, 5.41) is 2.70. The Balaban J connectivity index is 1.65. The number of nitrogens with one attached hydrogen (secondary N) is 1. The van der Waals surface area contributed by atoms with E-state index in [1.165, 1.54) is 6.33 Å². The fourth-order valence-corrected chi connectivity index (χ4v) is 2.89. The average molecular weight is 367 g/mol. The van der Waals surface area contributed by atoms with E-state index in [-0.39, 0.29) is 35.3 Å². The van der Waals surface area contributed by atoms with Crippen molar-refractivity contribution < 1.29 is 22.3 Å². The molecule has 0 aliphatic carbocycles. The second-order valence-corrected chi connectivity index (χ2v) is 5.82. The zero-order chi connectivity index (χ0) is 18.3. The number of nitrogens with zero attached hydrogens (tertiary/aromatic N) is 4. The Bertz CT molecular complexity index is 971. The molecule has 1 N–H and O–H groups in total. The number of aromatic nitrogens is 4. The first-order valence-electron chi connectivity index (χ1n) is 7.92. The smallest absolute Gasteiger partial charge is 0.312 e. The third kappa shape index (κ3) is 2.85. The molecule has 0 amide bonds. The van der Waals surface area contributed by atoms with Gasteiger partial charge in [-0.1, -0.05) is 6.07 Å². The SMILES string of the molecule is Fc1nc(NCc2ccc(F)c(F)c2F)c2ncn(C3CCCO3)c2n1. The van der Waals surface area contributed by atoms with Crippen LogP contribution < -0.4 is 5.32 Å². The lowest BCUT2D eigenvalue weighted by Crippen LogP contribution is -2.10. The molecule has 1 aromatic carbocycles. The van der Waals surface area contributed by atoms with Crippen LogP contribution in [0.25, 0.3) is 11.2 Å². The second-order valence-electron chi connectivity index (χ2n) is 5.82. The van der Waals surface area contributed by atoms with Gasteiger partial charge in [0.15, 0.2) is 34.4 Å². The Morgan fingerprint density at radius 2 is 2.00 bits per heavy atom. The average Bonchev–Trinajstić information content (AvgIpc) is 3.28. The predicted molar refractivity (Wildman–Crippen MR) is 83.1 cm³/mol. The van der Waals surface area contributed by atoms with Crippen LogP contribution in [0, 0.1) is 23.5 Å². The zero-order valence-corrected chi connectivity index (χ0v) is 13.3. The molecular formula is C16H13F4N5O. The van der Waals surface area contributed by atoms with E-state index in [1.54, 1.807) is 4.57 Å². The van der Waals surface area contributed by atoms with E-state index in [0.29, 0.717) is 6.61 Å². The van der Waals surface area contributed by atoms with Crippen LogP contribution in [0.2, 0.25) is 0 Å². The number of hydrogen-bond donors (Lipinski definition) is 1. The molecule has 0 radical (unpaired) electrons. The van der Waals surface area contributed by atoms with E-state index in [0.717, 1.165) is 25.0 Å². The summed E-state index contributed by atoms with van der Waals surface area (Å²) >= 11 is 0. The fraction of sp³-hybridized carbons (Fsp3) is 0.312. The summed E-state index contributed by atoms with van der Waals surface area (Å²) in [5.41, 5.74) is 0.372. The number of fused-ring (bicyclic) bond motifs is 1. The lowest BCUT2D eigenvalue weighted by molar-refractivity contribution is 0.0592. The van der Waals surface area contributed by atoms with E-state index >= 15 is 0 Å². The summed E-state index contributed by atoms with van der Waals surface area (Å²) in [7, 11) is 0. The van der Waals surface area contributed by atoms with Crippen molar-refractivity contribution in [1.82, 2.24) is 19.5 Å². The van der Waals surface area contributed by atoms with Gasteiger partial charge < -0.3 is 10.1 Å². The van der Waals surface area contributed by atoms with Gasteiger partial charge in [-0.05, 0) is 18.9 Å². The second kappa shape index (κ2) is 6.52. The minimum atomic E-state index is -1.56. The molecule has 3 heterocycles. The summed E-state index contributed by atoms with van der Waals surface area (Å²) in [5.74, 6) is -4.13. The van der Waals surface area contributed by atoms with Gasteiger partial charge in [-0.3, -0.25) is 4.57 Å². The minimum Gasteiger partial charge on any atom is -0.364 e. The van der Waals surface area contributed by atoms with E-state index in [9.17, 15) is 17.6 Å². The van der Waals surface area contributed by atoms with Crippen molar-refractivity contribution in [3.05, 3.63) is 47.6 Å². The van der Waals surface area contributed by atoms with Crippen LogP contribution in [-0.2, 0) is 11.3 Å². The number of halogens is 4. The van der Waals surface area contributed by atoms with Crippen molar-refractivity contribution in [3.8, 4) is 0 Å². The van der Waals surface area contributed by atoms with Crippen LogP contribution in [-0.4, -0.2) is 26.1 Å². The van der Waals surface area contributed by atoms with Crippen molar-refractivity contribution in [3.63, 3.8) is 0 Å². The van der Waals surface area contributed by atoms with Crippen molar-refractivity contribution >= 4 is 17.0 Å². The molecule has 1 saturated heterocycles. The maximum absolute atomic E-state index is 13.8. The standard InChI is InChI=1S/C16H13F4N5O/c17-9-4-3-8(11(18)12(9)19)6-21-14-13-15(24-16(20)23-14)25(7-22-13)10-2-1-5-26-10/h3-4,7,10H,1-2,5-6H2,(H,21,23,24). The van der Waals surface area contributed by atoms with Crippen LogP contribution in [0.3, 0.4) is 0 Å². The maximum atomic E-state index is 13.8. The molecule has 1 aliphatic rings. The Hall–Kier alpha value is -2.75. The highest BCUT2D eigenvalue weighted by Crippen LogP contribution is 2.28. The largest absolute Gasteiger partial charge is 0.364 e. The van der Waals surface area contributed by atoms with Crippen molar-refractivity contribution in [2.75, 3.05) is 11.9 Å². The van der Waals surface area contributed by atoms with Gasteiger partial charge in [0.25, 0.3) is 0 Å². The molecule has 26 heavy (non-hydrogen) atoms. The van der Waals surface area contributed by atoms with Gasteiger partial charge in [0.2, 0.25) is 0 Å². The molecule has 1 fully saturated rings. The first-order chi connectivity index (χ1) is 12.5. The summed E-state index contributed by atoms with van der Waals surface area (Å²) in [6.07, 6.45) is 1.81. The molecule has 10 heteroatoms. The zero-order valence-electron chi connectivity index (χ0n) is 13.3. The highest BCUT2D eigenvalue weighted by Gasteiger charge is 2.22. The number of rotatable bonds is 4. The normalized spacial score (nSPS) is 17.2. The molecule has 0 bridgehead atoms. The van der Waals surface area contributed by atoms with E-state index in [1.807, 2.05) is 0 Å². The Morgan fingerprint density at radius 3 is 2.77 bits per heavy atom. The van der Waals surface area contributed by atoms with E-state index < -0.39 is 23.5 Å². The molecule has 6 nitrogen and oxygen atoms in total. The van der Waals surface area contributed by atoms with Crippen molar-refractivity contribution in [1.29, 1.82) is 0 Å². The quantitative estimate of drug-likeness (QED) is 0.435. The Labute approximate surface area is 144 Å². The molecule has 2 aromatic heterocycles. The molecule has 0 spiro atoms. The van der Waals surface area contributed by atoms with Crippen molar-refractivity contribution in [2.45, 2.75) is 25.6 Å². The lowest BCUT2D eigenvalue weighted by Gasteiger charge is -2.12. The van der Waals surface area contributed by atoms with E-state index in [4.69, 9.17) is 4.74 Å². The molecule has 4 rings (SSSR count). The molecule has 0 saturated carbocycles. The van der Waals surface area contributed by atoms with Crippen LogP contribution in [0.5, 0.6) is 0 Å². The van der Waals surface area contributed by atoms with Crippen LogP contribution in [0.1, 0.15) is 24.6 Å². The predicted octanol–water partition coefficient (Wildman–Crippen LogP) is 3.30. The monoisotopic (exact) mass is 367 g/mol. The Morgan fingerprint density at radius 1 is 1.15 bits per heavy atom. The van der Waals surface area contributed by atoms with Gasteiger partial charge in [-0.2, -0.15) is 14.4 Å². The third-order valence-corrected chi connectivity index (χ3v) is 4.17. The van der Waals surface area contributed by atoms with Gasteiger partial charge in [0, 0.05) is 18.7 Å². The first-order valence-corrected chi connectivity index (χ1v) is 7.92. The van der Waals surface area contributed by atoms with E-state index in [2.05, 4.69) is 20.3 Å². The number of ether oxygens (including phenoxy) is 1. The first kappa shape index (κ1) is 16.7. The summed E-state index contributed by atoms with van der Waals surface area (Å²) in [4.78, 5) is 11.6. The molecule has 3 aromatic rings. The summed E-state index contributed by atoms with van der Waals surface area (Å²) < 4.78 is 61.1. The topological polar surface area (TPSA) is 64.9 Å². The van der Waals surface area contributed by atoms with Crippen LogP contribution >= 0.6 is 0 Å². The summed E-state index contributed by atoms with van der Waals surface area (Å²) in [6.45, 7) is 0.361. The molecule has 1 unspecified atom stereocenters. The van der Waals surface area contributed by atoms with Crippen molar-refractivity contribution in [2.24, 2.45) is 0 Å². The lowest BCUT2D eigenvalue weighted by atomic mass is 10.2. The maximum Gasteiger partial charge on any atom is 0.312 e. The van der Waals surface area contributed by atoms with Gasteiger partial charge >= 0.3 is 6.08 Å². The van der Waals surface area contributed by atoms with Gasteiger partial charge in [0.1, 0.15) is 6.23 Å². The van der Waals surface area contributed by atoms with Crippen LogP contribution in [0.15, 0.2) is 18.5 Å².